The minimum absolute atomic E-state index is 0.0803. The second-order valence-electron chi connectivity index (χ2n) is 6.68. The van der Waals surface area contributed by atoms with Gasteiger partial charge in [0.2, 0.25) is 0 Å². The van der Waals surface area contributed by atoms with Crippen LogP contribution in [0.3, 0.4) is 0 Å². The maximum Gasteiger partial charge on any atom is 0.274 e. The number of carbonyl (C=O) groups is 2. The maximum atomic E-state index is 12.8. The monoisotopic (exact) mass is 398 g/mol. The van der Waals surface area contributed by atoms with Crippen LogP contribution in [0.25, 0.3) is 0 Å². The number of piperazine rings is 1. The van der Waals surface area contributed by atoms with E-state index in [4.69, 9.17) is 9.47 Å². The van der Waals surface area contributed by atoms with Crippen LogP contribution < -0.4 is 14.8 Å². The van der Waals surface area contributed by atoms with E-state index in [0.717, 1.165) is 19.6 Å². The highest BCUT2D eigenvalue weighted by Crippen LogP contribution is 2.29. The van der Waals surface area contributed by atoms with Crippen molar-refractivity contribution in [2.45, 2.75) is 6.92 Å². The van der Waals surface area contributed by atoms with Crippen molar-refractivity contribution in [1.29, 1.82) is 0 Å². The zero-order chi connectivity index (χ0) is 20.8. The molecule has 1 aromatic heterocycles. The number of amides is 2. The third kappa shape index (κ3) is 4.83. The summed E-state index contributed by atoms with van der Waals surface area (Å²) in [6.45, 7) is 6.19. The molecule has 3 rings (SSSR count). The molecule has 0 saturated carbocycles. The fraction of sp³-hybridized carbons (Fsp3) is 0.381. The summed E-state index contributed by atoms with van der Waals surface area (Å²) in [5, 5.41) is 2.77. The molecular formula is C21H26N4O4. The van der Waals surface area contributed by atoms with Crippen LogP contribution in [0.5, 0.6) is 11.5 Å². The smallest absolute Gasteiger partial charge is 0.274 e. The van der Waals surface area contributed by atoms with E-state index in [1.807, 2.05) is 4.90 Å². The first-order valence-electron chi connectivity index (χ1n) is 9.56. The molecular weight excluding hydrogens is 372 g/mol. The molecule has 0 atom stereocenters. The van der Waals surface area contributed by atoms with Crippen LogP contribution in [0, 0.1) is 0 Å². The highest BCUT2D eigenvalue weighted by atomic mass is 16.5. The molecule has 0 bridgehead atoms. The van der Waals surface area contributed by atoms with Gasteiger partial charge in [-0.05, 0) is 30.8 Å². The molecule has 29 heavy (non-hydrogen) atoms. The van der Waals surface area contributed by atoms with Gasteiger partial charge in [-0.3, -0.25) is 14.6 Å². The lowest BCUT2D eigenvalue weighted by molar-refractivity contribution is 0.0643. The van der Waals surface area contributed by atoms with Gasteiger partial charge >= 0.3 is 0 Å². The summed E-state index contributed by atoms with van der Waals surface area (Å²) in [6, 6.07) is 8.25. The zero-order valence-corrected chi connectivity index (χ0v) is 17.0. The molecule has 0 aliphatic carbocycles. The Balaban J connectivity index is 1.70. The Morgan fingerprint density at radius 3 is 2.41 bits per heavy atom. The fourth-order valence-electron chi connectivity index (χ4n) is 3.25. The van der Waals surface area contributed by atoms with Crippen molar-refractivity contribution >= 4 is 17.5 Å². The van der Waals surface area contributed by atoms with E-state index in [-0.39, 0.29) is 11.6 Å². The number of pyridine rings is 1. The zero-order valence-electron chi connectivity index (χ0n) is 17.0. The summed E-state index contributed by atoms with van der Waals surface area (Å²) in [5.41, 5.74) is 1.18. The minimum atomic E-state index is -0.400. The number of carbonyl (C=O) groups excluding carboxylic acids is 2. The van der Waals surface area contributed by atoms with Crippen molar-refractivity contribution in [3.8, 4) is 11.5 Å². The van der Waals surface area contributed by atoms with Gasteiger partial charge in [0.15, 0.2) is 11.5 Å². The number of methoxy groups -OCH3 is 2. The topological polar surface area (TPSA) is 84.0 Å². The van der Waals surface area contributed by atoms with Crippen molar-refractivity contribution in [3.63, 3.8) is 0 Å². The molecule has 8 nitrogen and oxygen atoms in total. The van der Waals surface area contributed by atoms with Gasteiger partial charge in [0, 0.05) is 49.7 Å². The molecule has 1 N–H and O–H groups in total. The van der Waals surface area contributed by atoms with Crippen molar-refractivity contribution in [2.75, 3.05) is 52.3 Å². The van der Waals surface area contributed by atoms with E-state index in [1.165, 1.54) is 19.4 Å². The van der Waals surface area contributed by atoms with Gasteiger partial charge in [0.05, 0.1) is 14.2 Å². The quantitative estimate of drug-likeness (QED) is 0.803. The predicted octanol–water partition coefficient (Wildman–Crippen LogP) is 2.13. The molecule has 2 aromatic rings. The van der Waals surface area contributed by atoms with Gasteiger partial charge in [-0.25, -0.2) is 0 Å². The van der Waals surface area contributed by atoms with Gasteiger partial charge < -0.3 is 24.6 Å². The van der Waals surface area contributed by atoms with Crippen molar-refractivity contribution in [1.82, 2.24) is 14.8 Å². The lowest BCUT2D eigenvalue weighted by Crippen LogP contribution is -2.48. The number of hydrogen-bond acceptors (Lipinski definition) is 6. The molecule has 1 aromatic carbocycles. The molecule has 1 fully saturated rings. The molecule has 0 unspecified atom stereocenters. The summed E-state index contributed by atoms with van der Waals surface area (Å²) in [7, 11) is 3.07. The summed E-state index contributed by atoms with van der Waals surface area (Å²) >= 11 is 0. The van der Waals surface area contributed by atoms with Crippen molar-refractivity contribution in [2.24, 2.45) is 0 Å². The van der Waals surface area contributed by atoms with E-state index in [0.29, 0.717) is 35.8 Å². The van der Waals surface area contributed by atoms with Crippen LogP contribution in [0.1, 0.15) is 27.8 Å². The van der Waals surface area contributed by atoms with E-state index < -0.39 is 5.91 Å². The highest BCUT2D eigenvalue weighted by molar-refractivity contribution is 6.04. The number of anilines is 1. The number of rotatable bonds is 6. The third-order valence-corrected chi connectivity index (χ3v) is 4.99. The first-order valence-corrected chi connectivity index (χ1v) is 9.56. The summed E-state index contributed by atoms with van der Waals surface area (Å²) in [4.78, 5) is 33.7. The van der Waals surface area contributed by atoms with Crippen LogP contribution in [0.4, 0.5) is 5.69 Å². The van der Waals surface area contributed by atoms with Crippen LogP contribution in [0.2, 0.25) is 0 Å². The number of hydrogen-bond donors (Lipinski definition) is 1. The van der Waals surface area contributed by atoms with E-state index in [1.54, 1.807) is 31.4 Å². The lowest BCUT2D eigenvalue weighted by Gasteiger charge is -2.34. The average molecular weight is 398 g/mol. The number of nitrogens with one attached hydrogen (secondary N) is 1. The molecule has 154 valence electrons. The van der Waals surface area contributed by atoms with Crippen LogP contribution in [0.15, 0.2) is 36.5 Å². The Kier molecular flexibility index (Phi) is 6.66. The van der Waals surface area contributed by atoms with Crippen molar-refractivity contribution < 1.29 is 19.1 Å². The van der Waals surface area contributed by atoms with Gasteiger partial charge in [0.25, 0.3) is 11.8 Å². The first-order chi connectivity index (χ1) is 14.0. The maximum absolute atomic E-state index is 12.8. The molecule has 1 aliphatic heterocycles. The Morgan fingerprint density at radius 1 is 1.03 bits per heavy atom. The normalized spacial score (nSPS) is 14.4. The Hall–Kier alpha value is -3.13. The van der Waals surface area contributed by atoms with Gasteiger partial charge in [-0.2, -0.15) is 0 Å². The number of nitrogens with zero attached hydrogens (tertiary/aromatic N) is 3. The number of likely N-dealkylation sites (N-methyl/N-ethyl adjacent to an activating group) is 1. The second kappa shape index (κ2) is 9.38. The molecule has 0 radical (unpaired) electrons. The van der Waals surface area contributed by atoms with Crippen LogP contribution in [-0.4, -0.2) is 73.5 Å². The SMILES string of the molecule is CCN1CCN(C(=O)c2ccnc(C(=O)Nc3ccc(OC)c(OC)c3)c2)CC1. The standard InChI is InChI=1S/C21H26N4O4/c1-4-24-9-11-25(12-10-24)21(27)15-7-8-22-17(13-15)20(26)23-16-5-6-18(28-2)19(14-16)29-3/h5-8,13-14H,4,9-12H2,1-3H3,(H,23,26). The van der Waals surface area contributed by atoms with E-state index in [9.17, 15) is 9.59 Å². The molecule has 2 heterocycles. The van der Waals surface area contributed by atoms with Crippen LogP contribution in [-0.2, 0) is 0 Å². The van der Waals surface area contributed by atoms with Gasteiger partial charge in [-0.1, -0.05) is 6.92 Å². The van der Waals surface area contributed by atoms with Crippen LogP contribution >= 0.6 is 0 Å². The molecule has 1 saturated heterocycles. The predicted molar refractivity (Wildman–Crippen MR) is 110 cm³/mol. The summed E-state index contributed by atoms with van der Waals surface area (Å²) < 4.78 is 10.5. The molecule has 0 spiro atoms. The third-order valence-electron chi connectivity index (χ3n) is 4.99. The van der Waals surface area contributed by atoms with Crippen molar-refractivity contribution in [3.05, 3.63) is 47.8 Å². The Morgan fingerprint density at radius 2 is 1.76 bits per heavy atom. The fourth-order valence-corrected chi connectivity index (χ4v) is 3.25. The second-order valence-corrected chi connectivity index (χ2v) is 6.68. The molecule has 1 aliphatic rings. The number of aromatic nitrogens is 1. The Labute approximate surface area is 170 Å². The van der Waals surface area contributed by atoms with Gasteiger partial charge in [-0.15, -0.1) is 0 Å². The number of benzene rings is 1. The largest absolute Gasteiger partial charge is 0.493 e. The van der Waals surface area contributed by atoms with E-state index in [2.05, 4.69) is 22.1 Å². The number of ether oxygens (including phenoxy) is 2. The van der Waals surface area contributed by atoms with Gasteiger partial charge in [0.1, 0.15) is 5.69 Å². The Bertz CT molecular complexity index is 879. The molecule has 8 heteroatoms. The lowest BCUT2D eigenvalue weighted by atomic mass is 10.1. The highest BCUT2D eigenvalue weighted by Gasteiger charge is 2.22. The first kappa shape index (κ1) is 20.6. The minimum Gasteiger partial charge on any atom is -0.493 e. The molecule has 2 amide bonds. The average Bonchev–Trinajstić information content (AvgIpc) is 2.78. The van der Waals surface area contributed by atoms with E-state index >= 15 is 0 Å². The summed E-state index contributed by atoms with van der Waals surface area (Å²) in [5.74, 6) is 0.596. The summed E-state index contributed by atoms with van der Waals surface area (Å²) in [6.07, 6.45) is 1.49.